The summed E-state index contributed by atoms with van der Waals surface area (Å²) in [5, 5.41) is 0. The minimum absolute atomic E-state index is 0.181. The molecule has 0 unspecified atom stereocenters. The number of amides is 2. The molecule has 0 bridgehead atoms. The van der Waals surface area contributed by atoms with Gasteiger partial charge >= 0.3 is 6.09 Å². The summed E-state index contributed by atoms with van der Waals surface area (Å²) in [5.41, 5.74) is 0.407. The van der Waals surface area contributed by atoms with Crippen LogP contribution >= 0.6 is 15.9 Å². The van der Waals surface area contributed by atoms with Crippen LogP contribution in [0.5, 0.6) is 17.2 Å². The number of nitrogens with zero attached hydrogens (tertiary/aromatic N) is 2. The predicted octanol–water partition coefficient (Wildman–Crippen LogP) is 2.39. The average molecular weight is 431 g/mol. The van der Waals surface area contributed by atoms with Gasteiger partial charge in [-0.25, -0.2) is 4.79 Å². The van der Waals surface area contributed by atoms with Crippen LogP contribution in [0.25, 0.3) is 0 Å². The van der Waals surface area contributed by atoms with Crippen LogP contribution in [0.3, 0.4) is 0 Å². The molecule has 0 radical (unpaired) electrons. The Balaban J connectivity index is 2.21. The van der Waals surface area contributed by atoms with Crippen LogP contribution in [0.1, 0.15) is 17.3 Å². The Morgan fingerprint density at radius 2 is 1.58 bits per heavy atom. The van der Waals surface area contributed by atoms with Crippen LogP contribution in [0.15, 0.2) is 10.5 Å². The van der Waals surface area contributed by atoms with Crippen molar-refractivity contribution >= 4 is 27.9 Å². The second-order valence-corrected chi connectivity index (χ2v) is 6.28. The summed E-state index contributed by atoms with van der Waals surface area (Å²) in [6.45, 7) is 3.77. The van der Waals surface area contributed by atoms with E-state index in [9.17, 15) is 9.59 Å². The molecule has 9 heteroatoms. The number of halogens is 1. The van der Waals surface area contributed by atoms with Crippen LogP contribution in [-0.2, 0) is 4.74 Å². The molecule has 0 N–H and O–H groups in total. The summed E-state index contributed by atoms with van der Waals surface area (Å²) in [7, 11) is 4.49. The van der Waals surface area contributed by atoms with Crippen LogP contribution in [-0.4, -0.2) is 75.9 Å². The van der Waals surface area contributed by atoms with E-state index in [1.54, 1.807) is 22.8 Å². The van der Waals surface area contributed by atoms with Gasteiger partial charge in [0.15, 0.2) is 11.5 Å². The van der Waals surface area contributed by atoms with Crippen LogP contribution < -0.4 is 14.2 Å². The van der Waals surface area contributed by atoms with Gasteiger partial charge in [-0.05, 0) is 28.9 Å². The summed E-state index contributed by atoms with van der Waals surface area (Å²) in [4.78, 5) is 28.0. The topological polar surface area (TPSA) is 77.5 Å². The van der Waals surface area contributed by atoms with Gasteiger partial charge in [0.25, 0.3) is 5.91 Å². The van der Waals surface area contributed by atoms with E-state index in [1.807, 2.05) is 0 Å². The summed E-state index contributed by atoms with van der Waals surface area (Å²) >= 11 is 3.43. The third kappa shape index (κ3) is 3.98. The number of ether oxygens (including phenoxy) is 4. The molecule has 0 saturated carbocycles. The lowest BCUT2D eigenvalue weighted by molar-refractivity contribution is 0.0569. The molecule has 1 heterocycles. The van der Waals surface area contributed by atoms with Crippen molar-refractivity contribution in [1.82, 2.24) is 9.80 Å². The average Bonchev–Trinajstić information content (AvgIpc) is 2.67. The van der Waals surface area contributed by atoms with Crippen molar-refractivity contribution in [3.63, 3.8) is 0 Å². The summed E-state index contributed by atoms with van der Waals surface area (Å²) in [6.07, 6.45) is -0.353. The Labute approximate surface area is 161 Å². The third-order valence-corrected chi connectivity index (χ3v) is 4.88. The Kier molecular flexibility index (Phi) is 6.96. The summed E-state index contributed by atoms with van der Waals surface area (Å²) < 4.78 is 21.5. The smallest absolute Gasteiger partial charge is 0.409 e. The van der Waals surface area contributed by atoms with Gasteiger partial charge in [-0.1, -0.05) is 0 Å². The largest absolute Gasteiger partial charge is 0.493 e. The maximum atomic E-state index is 13.0. The molecular formula is C17H23BrN2O6. The maximum absolute atomic E-state index is 13.0. The molecule has 1 aromatic carbocycles. The van der Waals surface area contributed by atoms with Gasteiger partial charge in [0.1, 0.15) is 0 Å². The Hall–Kier alpha value is -2.16. The van der Waals surface area contributed by atoms with Gasteiger partial charge in [0, 0.05) is 26.2 Å². The first-order chi connectivity index (χ1) is 12.5. The molecular weight excluding hydrogens is 408 g/mol. The van der Waals surface area contributed by atoms with E-state index >= 15 is 0 Å². The van der Waals surface area contributed by atoms with Gasteiger partial charge in [-0.15, -0.1) is 0 Å². The maximum Gasteiger partial charge on any atom is 0.409 e. The summed E-state index contributed by atoms with van der Waals surface area (Å²) in [5.74, 6) is 1.02. The van der Waals surface area contributed by atoms with Crippen molar-refractivity contribution < 1.29 is 28.5 Å². The first kappa shape index (κ1) is 20.2. The van der Waals surface area contributed by atoms with Crippen molar-refractivity contribution in [1.29, 1.82) is 0 Å². The first-order valence-corrected chi connectivity index (χ1v) is 8.97. The number of rotatable bonds is 5. The zero-order chi connectivity index (χ0) is 19.3. The van der Waals surface area contributed by atoms with Gasteiger partial charge in [0.2, 0.25) is 5.75 Å². The SMILES string of the molecule is CCOC(=O)N1CCN(C(=O)c2cc(OC)c(OC)c(OC)c2Br)CC1. The van der Waals surface area contributed by atoms with Gasteiger partial charge in [0.05, 0.1) is 38.0 Å². The number of methoxy groups -OCH3 is 3. The molecule has 1 aliphatic heterocycles. The second kappa shape index (κ2) is 8.98. The fourth-order valence-corrected chi connectivity index (χ4v) is 3.38. The minimum Gasteiger partial charge on any atom is -0.493 e. The van der Waals surface area contributed by atoms with Crippen molar-refractivity contribution in [3.05, 3.63) is 16.1 Å². The number of benzene rings is 1. The highest BCUT2D eigenvalue weighted by Crippen LogP contribution is 2.45. The number of carbonyl (C=O) groups is 2. The summed E-state index contributed by atoms with van der Waals surface area (Å²) in [6, 6.07) is 1.62. The molecule has 1 aromatic rings. The third-order valence-electron chi connectivity index (χ3n) is 4.09. The molecule has 1 saturated heterocycles. The Bertz CT molecular complexity index is 674. The molecule has 26 heavy (non-hydrogen) atoms. The minimum atomic E-state index is -0.353. The molecule has 0 spiro atoms. The van der Waals surface area contributed by atoms with E-state index in [2.05, 4.69) is 15.9 Å². The molecule has 0 aliphatic carbocycles. The lowest BCUT2D eigenvalue weighted by Gasteiger charge is -2.34. The molecule has 2 amide bonds. The van der Waals surface area contributed by atoms with Gasteiger partial charge in [-0.2, -0.15) is 0 Å². The van der Waals surface area contributed by atoms with Crippen LogP contribution in [0.2, 0.25) is 0 Å². The molecule has 0 atom stereocenters. The normalized spacial score (nSPS) is 14.0. The fraction of sp³-hybridized carbons (Fsp3) is 0.529. The number of piperazine rings is 1. The van der Waals surface area contributed by atoms with E-state index in [-0.39, 0.29) is 12.0 Å². The number of carbonyl (C=O) groups excluding carboxylic acids is 2. The molecule has 8 nitrogen and oxygen atoms in total. The highest BCUT2D eigenvalue weighted by atomic mass is 79.9. The quantitative estimate of drug-likeness (QED) is 0.713. The molecule has 1 fully saturated rings. The van der Waals surface area contributed by atoms with Crippen molar-refractivity contribution in [2.75, 3.05) is 54.1 Å². The van der Waals surface area contributed by atoms with E-state index in [0.717, 1.165) is 0 Å². The second-order valence-electron chi connectivity index (χ2n) is 5.49. The van der Waals surface area contributed by atoms with Gasteiger partial charge < -0.3 is 28.7 Å². The van der Waals surface area contributed by atoms with E-state index in [1.165, 1.54) is 21.3 Å². The standard InChI is InChI=1S/C17H23BrN2O6/c1-5-26-17(22)20-8-6-19(7-9-20)16(21)11-10-12(23-2)14(24-3)15(25-4)13(11)18/h10H,5-9H2,1-4H3. The fourth-order valence-electron chi connectivity index (χ4n) is 2.75. The van der Waals surface area contributed by atoms with Crippen molar-refractivity contribution in [2.45, 2.75) is 6.92 Å². The van der Waals surface area contributed by atoms with Crippen molar-refractivity contribution in [3.8, 4) is 17.2 Å². The molecule has 144 valence electrons. The van der Waals surface area contributed by atoms with Crippen LogP contribution in [0, 0.1) is 0 Å². The molecule has 0 aromatic heterocycles. The van der Waals surface area contributed by atoms with Crippen LogP contribution in [0.4, 0.5) is 4.79 Å². The molecule has 2 rings (SSSR count). The lowest BCUT2D eigenvalue weighted by Crippen LogP contribution is -2.50. The van der Waals surface area contributed by atoms with Gasteiger partial charge in [-0.3, -0.25) is 4.79 Å². The monoisotopic (exact) mass is 430 g/mol. The predicted molar refractivity (Wildman–Crippen MR) is 98.3 cm³/mol. The Morgan fingerprint density at radius 1 is 1.00 bits per heavy atom. The number of hydrogen-bond donors (Lipinski definition) is 0. The first-order valence-electron chi connectivity index (χ1n) is 8.17. The van der Waals surface area contributed by atoms with E-state index in [4.69, 9.17) is 18.9 Å². The highest BCUT2D eigenvalue weighted by Gasteiger charge is 2.29. The molecule has 1 aliphatic rings. The van der Waals surface area contributed by atoms with E-state index in [0.29, 0.717) is 60.1 Å². The lowest BCUT2D eigenvalue weighted by atomic mass is 10.1. The highest BCUT2D eigenvalue weighted by molar-refractivity contribution is 9.10. The van der Waals surface area contributed by atoms with Crippen molar-refractivity contribution in [2.24, 2.45) is 0 Å². The Morgan fingerprint density at radius 3 is 2.08 bits per heavy atom. The number of hydrogen-bond acceptors (Lipinski definition) is 6. The van der Waals surface area contributed by atoms with E-state index < -0.39 is 0 Å². The zero-order valence-corrected chi connectivity index (χ0v) is 16.9. The zero-order valence-electron chi connectivity index (χ0n) is 15.3.